The number of furan rings is 1. The van der Waals surface area contributed by atoms with Crippen LogP contribution in [0.25, 0.3) is 22.1 Å². The molecule has 0 unspecified atom stereocenters. The van der Waals surface area contributed by atoms with Crippen molar-refractivity contribution >= 4 is 22.7 Å². The summed E-state index contributed by atoms with van der Waals surface area (Å²) in [7, 11) is 0. The summed E-state index contributed by atoms with van der Waals surface area (Å²) in [4.78, 5) is 1.28. The molecule has 0 amide bonds. The monoisotopic (exact) mass is 316 g/mol. The van der Waals surface area contributed by atoms with Crippen LogP contribution in [-0.4, -0.2) is 0 Å². The Hall–Kier alpha value is -2.45. The summed E-state index contributed by atoms with van der Waals surface area (Å²) in [6.45, 7) is 0. The number of para-hydroxylation sites is 1. The fourth-order valence-corrected chi connectivity index (χ4v) is 3.76. The minimum Gasteiger partial charge on any atom is -0.464 e. The van der Waals surface area contributed by atoms with E-state index in [-0.39, 0.29) is 0 Å². The number of rotatable bonds is 4. The highest BCUT2D eigenvalue weighted by atomic mass is 32.2. The summed E-state index contributed by atoms with van der Waals surface area (Å²) in [6.07, 6.45) is 1.87. The Morgan fingerprint density at radius 3 is 2.35 bits per heavy atom. The zero-order valence-electron chi connectivity index (χ0n) is 12.6. The van der Waals surface area contributed by atoms with Crippen LogP contribution in [-0.2, 0) is 5.75 Å². The third-order valence-electron chi connectivity index (χ3n) is 3.90. The molecule has 0 aliphatic rings. The minimum atomic E-state index is 0.936. The molecule has 1 heterocycles. The van der Waals surface area contributed by atoms with Gasteiger partial charge in [0, 0.05) is 21.6 Å². The molecule has 0 saturated heterocycles. The van der Waals surface area contributed by atoms with E-state index in [1.807, 2.05) is 30.2 Å². The highest BCUT2D eigenvalue weighted by molar-refractivity contribution is 7.98. The first kappa shape index (κ1) is 14.2. The normalized spacial score (nSPS) is 11.0. The Kier molecular flexibility index (Phi) is 3.91. The summed E-state index contributed by atoms with van der Waals surface area (Å²) < 4.78 is 5.71. The van der Waals surface area contributed by atoms with Crippen molar-refractivity contribution in [2.75, 3.05) is 0 Å². The van der Waals surface area contributed by atoms with Crippen LogP contribution >= 0.6 is 11.8 Å². The largest absolute Gasteiger partial charge is 0.464 e. The third kappa shape index (κ3) is 2.90. The molecule has 2 heteroatoms. The first-order valence-corrected chi connectivity index (χ1v) is 8.63. The maximum Gasteiger partial charge on any atom is 0.134 e. The average molecular weight is 316 g/mol. The van der Waals surface area contributed by atoms with Crippen LogP contribution in [0.1, 0.15) is 5.56 Å². The maximum atomic E-state index is 5.71. The van der Waals surface area contributed by atoms with Crippen molar-refractivity contribution in [3.05, 3.63) is 90.7 Å². The Bertz CT molecular complexity index is 925. The summed E-state index contributed by atoms with van der Waals surface area (Å²) in [6, 6.07) is 27.3. The van der Waals surface area contributed by atoms with E-state index in [1.165, 1.54) is 21.4 Å². The summed E-state index contributed by atoms with van der Waals surface area (Å²) in [5, 5.41) is 1.17. The molecule has 0 spiro atoms. The van der Waals surface area contributed by atoms with Gasteiger partial charge in [-0.2, -0.15) is 0 Å². The van der Waals surface area contributed by atoms with E-state index >= 15 is 0 Å². The van der Waals surface area contributed by atoms with Gasteiger partial charge in [0.1, 0.15) is 5.58 Å². The van der Waals surface area contributed by atoms with Crippen LogP contribution in [0.5, 0.6) is 0 Å². The van der Waals surface area contributed by atoms with Gasteiger partial charge in [-0.1, -0.05) is 66.7 Å². The standard InChI is InChI=1S/C21H16OS/c1-2-8-16(9-3-1)15-23-21-13-7-5-11-18(21)19-14-22-20-12-6-4-10-17(19)20/h1-14H,15H2. The lowest BCUT2D eigenvalue weighted by Crippen LogP contribution is -1.83. The van der Waals surface area contributed by atoms with E-state index in [1.54, 1.807) is 0 Å². The average Bonchev–Trinajstić information content (AvgIpc) is 3.05. The van der Waals surface area contributed by atoms with Crippen LogP contribution in [0, 0.1) is 0 Å². The van der Waals surface area contributed by atoms with Gasteiger partial charge in [-0.15, -0.1) is 11.8 Å². The second-order valence-corrected chi connectivity index (χ2v) is 6.43. The van der Waals surface area contributed by atoms with Crippen molar-refractivity contribution < 1.29 is 4.42 Å². The zero-order valence-corrected chi connectivity index (χ0v) is 13.4. The minimum absolute atomic E-state index is 0.936. The molecule has 0 N–H and O–H groups in total. The van der Waals surface area contributed by atoms with Gasteiger partial charge in [-0.05, 0) is 23.3 Å². The molecule has 3 aromatic carbocycles. The molecule has 23 heavy (non-hydrogen) atoms. The topological polar surface area (TPSA) is 13.1 Å². The Labute approximate surface area is 140 Å². The quantitative estimate of drug-likeness (QED) is 0.404. The van der Waals surface area contributed by atoms with E-state index in [0.717, 1.165) is 16.9 Å². The van der Waals surface area contributed by atoms with Crippen molar-refractivity contribution in [3.8, 4) is 11.1 Å². The van der Waals surface area contributed by atoms with Gasteiger partial charge >= 0.3 is 0 Å². The number of hydrogen-bond acceptors (Lipinski definition) is 2. The van der Waals surface area contributed by atoms with Crippen molar-refractivity contribution in [1.29, 1.82) is 0 Å². The van der Waals surface area contributed by atoms with Gasteiger partial charge in [0.05, 0.1) is 6.26 Å². The molecule has 4 rings (SSSR count). The van der Waals surface area contributed by atoms with E-state index in [9.17, 15) is 0 Å². The lowest BCUT2D eigenvalue weighted by Gasteiger charge is -2.08. The molecule has 0 fully saturated rings. The highest BCUT2D eigenvalue weighted by Gasteiger charge is 2.11. The SMILES string of the molecule is c1ccc(CSc2ccccc2-c2coc3ccccc23)cc1. The van der Waals surface area contributed by atoms with Gasteiger partial charge in [0.15, 0.2) is 0 Å². The molecule has 0 bridgehead atoms. The Morgan fingerprint density at radius 2 is 1.43 bits per heavy atom. The van der Waals surface area contributed by atoms with Crippen molar-refractivity contribution in [2.24, 2.45) is 0 Å². The lowest BCUT2D eigenvalue weighted by molar-refractivity contribution is 0.617. The molecular weight excluding hydrogens is 300 g/mol. The first-order valence-electron chi connectivity index (χ1n) is 7.64. The van der Waals surface area contributed by atoms with Crippen LogP contribution in [0.2, 0.25) is 0 Å². The fourth-order valence-electron chi connectivity index (χ4n) is 2.74. The van der Waals surface area contributed by atoms with E-state index in [2.05, 4.69) is 66.7 Å². The molecule has 1 aromatic heterocycles. The fraction of sp³-hybridized carbons (Fsp3) is 0.0476. The number of hydrogen-bond donors (Lipinski definition) is 0. The Morgan fingerprint density at radius 1 is 0.696 bits per heavy atom. The molecule has 0 atom stereocenters. The molecule has 0 radical (unpaired) electrons. The predicted molar refractivity (Wildman–Crippen MR) is 97.7 cm³/mol. The number of benzene rings is 3. The smallest absolute Gasteiger partial charge is 0.134 e. The van der Waals surface area contributed by atoms with Crippen LogP contribution < -0.4 is 0 Å². The van der Waals surface area contributed by atoms with Gasteiger partial charge in [0.25, 0.3) is 0 Å². The number of fused-ring (bicyclic) bond motifs is 1. The maximum absolute atomic E-state index is 5.71. The molecule has 4 aromatic rings. The first-order chi connectivity index (χ1) is 11.4. The van der Waals surface area contributed by atoms with Crippen molar-refractivity contribution in [3.63, 3.8) is 0 Å². The van der Waals surface area contributed by atoms with E-state index in [0.29, 0.717) is 0 Å². The van der Waals surface area contributed by atoms with Crippen LogP contribution in [0.4, 0.5) is 0 Å². The highest BCUT2D eigenvalue weighted by Crippen LogP contribution is 2.37. The van der Waals surface area contributed by atoms with Crippen LogP contribution in [0.15, 0.2) is 94.4 Å². The third-order valence-corrected chi connectivity index (χ3v) is 5.04. The van der Waals surface area contributed by atoms with Crippen molar-refractivity contribution in [1.82, 2.24) is 0 Å². The van der Waals surface area contributed by atoms with Gasteiger partial charge < -0.3 is 4.42 Å². The molecular formula is C21H16OS. The second kappa shape index (κ2) is 6.35. The van der Waals surface area contributed by atoms with Gasteiger partial charge in [-0.25, -0.2) is 0 Å². The molecule has 0 aliphatic heterocycles. The van der Waals surface area contributed by atoms with E-state index < -0.39 is 0 Å². The number of thioether (sulfide) groups is 1. The van der Waals surface area contributed by atoms with E-state index in [4.69, 9.17) is 4.42 Å². The molecule has 0 saturated carbocycles. The van der Waals surface area contributed by atoms with Crippen molar-refractivity contribution in [2.45, 2.75) is 10.6 Å². The summed E-state index contributed by atoms with van der Waals surface area (Å²) in [5.41, 5.74) is 4.67. The summed E-state index contributed by atoms with van der Waals surface area (Å²) in [5.74, 6) is 0.966. The summed E-state index contributed by atoms with van der Waals surface area (Å²) >= 11 is 1.87. The van der Waals surface area contributed by atoms with Gasteiger partial charge in [-0.3, -0.25) is 0 Å². The molecule has 1 nitrogen and oxygen atoms in total. The zero-order chi connectivity index (χ0) is 15.5. The lowest BCUT2D eigenvalue weighted by atomic mass is 10.1. The predicted octanol–water partition coefficient (Wildman–Crippen LogP) is 6.39. The molecule has 112 valence electrons. The van der Waals surface area contributed by atoms with Crippen LogP contribution in [0.3, 0.4) is 0 Å². The second-order valence-electron chi connectivity index (χ2n) is 5.42. The van der Waals surface area contributed by atoms with Gasteiger partial charge in [0.2, 0.25) is 0 Å². The Balaban J connectivity index is 1.70. The molecule has 0 aliphatic carbocycles.